The molecule has 0 saturated carbocycles. The molecule has 0 aliphatic carbocycles. The Morgan fingerprint density at radius 3 is 2.34 bits per heavy atom. The molecule has 0 radical (unpaired) electrons. The van der Waals surface area contributed by atoms with Gasteiger partial charge in [0, 0.05) is 39.1 Å². The molecule has 0 fully saturated rings. The molecule has 0 spiro atoms. The fourth-order valence-corrected chi connectivity index (χ4v) is 3.92. The Labute approximate surface area is 210 Å². The van der Waals surface area contributed by atoms with Crippen LogP contribution in [0, 0.1) is 0 Å². The predicted octanol–water partition coefficient (Wildman–Crippen LogP) is 4.71. The Morgan fingerprint density at radius 1 is 0.943 bits per heavy atom. The summed E-state index contributed by atoms with van der Waals surface area (Å²) in [4.78, 5) is 41.6. The van der Waals surface area contributed by atoms with Gasteiger partial charge >= 0.3 is 5.97 Å². The van der Waals surface area contributed by atoms with Crippen molar-refractivity contribution >= 4 is 44.5 Å². The number of Topliss-reactive ketones (excluding diaryl/α,β-unsaturated/α-hetero) is 1. The third-order valence-corrected chi connectivity index (χ3v) is 6.08. The first-order valence-corrected chi connectivity index (χ1v) is 11.7. The number of benzene rings is 3. The molecule has 1 amide bonds. The van der Waals surface area contributed by atoms with Gasteiger partial charge in [0.15, 0.2) is 12.4 Å². The molecule has 2 N–H and O–H groups in total. The minimum Gasteiger partial charge on any atom is -0.497 e. The van der Waals surface area contributed by atoms with Crippen molar-refractivity contribution in [1.82, 2.24) is 10.3 Å². The van der Waals surface area contributed by atoms with Crippen LogP contribution in [0.25, 0.3) is 10.9 Å². The standard InChI is InChI=1S/C27H23BrN2O5/c1-34-21-12-8-17(9-13-21)25(31)16-35-27(33)24(30-26(32)18-6-10-20(28)11-7-18)14-19-15-29-23-5-3-2-4-22(19)23/h2-13,15,24,29H,14,16H2,1H3,(H,30,32). The fourth-order valence-electron chi connectivity index (χ4n) is 3.65. The van der Waals surface area contributed by atoms with Gasteiger partial charge in [0.25, 0.3) is 5.91 Å². The van der Waals surface area contributed by atoms with Crippen molar-refractivity contribution < 1.29 is 23.9 Å². The van der Waals surface area contributed by atoms with E-state index in [9.17, 15) is 14.4 Å². The van der Waals surface area contributed by atoms with Crippen LogP contribution in [0.4, 0.5) is 0 Å². The summed E-state index contributed by atoms with van der Waals surface area (Å²) in [5, 5.41) is 3.71. The number of hydrogen-bond donors (Lipinski definition) is 2. The maximum absolute atomic E-state index is 13.0. The normalized spacial score (nSPS) is 11.6. The van der Waals surface area contributed by atoms with Crippen LogP contribution in [0.1, 0.15) is 26.3 Å². The molecule has 3 aromatic carbocycles. The Balaban J connectivity index is 1.50. The van der Waals surface area contributed by atoms with Crippen LogP contribution in [-0.4, -0.2) is 42.4 Å². The second-order valence-corrected chi connectivity index (χ2v) is 8.77. The van der Waals surface area contributed by atoms with E-state index in [0.717, 1.165) is 20.9 Å². The molecule has 1 heterocycles. The smallest absolute Gasteiger partial charge is 0.329 e. The number of para-hydroxylation sites is 1. The van der Waals surface area contributed by atoms with Crippen molar-refractivity contribution in [3.8, 4) is 5.75 Å². The van der Waals surface area contributed by atoms with E-state index in [0.29, 0.717) is 16.9 Å². The van der Waals surface area contributed by atoms with Crippen molar-refractivity contribution in [3.05, 3.63) is 100 Å². The summed E-state index contributed by atoms with van der Waals surface area (Å²) in [6.07, 6.45) is 2.00. The number of rotatable bonds is 9. The zero-order valence-electron chi connectivity index (χ0n) is 18.9. The first-order valence-electron chi connectivity index (χ1n) is 10.9. The first-order chi connectivity index (χ1) is 16.9. The summed E-state index contributed by atoms with van der Waals surface area (Å²) in [6.45, 7) is -0.441. The van der Waals surface area contributed by atoms with Crippen molar-refractivity contribution in [1.29, 1.82) is 0 Å². The van der Waals surface area contributed by atoms with E-state index in [-0.39, 0.29) is 12.2 Å². The SMILES string of the molecule is COc1ccc(C(=O)COC(=O)C(Cc2c[nH]c3ccccc23)NC(=O)c2ccc(Br)cc2)cc1. The lowest BCUT2D eigenvalue weighted by atomic mass is 10.0. The van der Waals surface area contributed by atoms with Crippen LogP contribution in [0.3, 0.4) is 0 Å². The minimum atomic E-state index is -0.992. The topological polar surface area (TPSA) is 97.5 Å². The van der Waals surface area contributed by atoms with Crippen molar-refractivity contribution in [2.24, 2.45) is 0 Å². The van der Waals surface area contributed by atoms with Gasteiger partial charge in [-0.25, -0.2) is 4.79 Å². The van der Waals surface area contributed by atoms with E-state index < -0.39 is 24.5 Å². The fraction of sp³-hybridized carbons (Fsp3) is 0.148. The molecule has 0 aliphatic heterocycles. The molecule has 0 bridgehead atoms. The van der Waals surface area contributed by atoms with E-state index in [1.807, 2.05) is 24.3 Å². The van der Waals surface area contributed by atoms with Crippen LogP contribution in [0.15, 0.2) is 83.5 Å². The number of amides is 1. The van der Waals surface area contributed by atoms with Gasteiger partial charge in [-0.3, -0.25) is 9.59 Å². The van der Waals surface area contributed by atoms with Gasteiger partial charge in [0.05, 0.1) is 7.11 Å². The summed E-state index contributed by atoms with van der Waals surface area (Å²) in [6, 6.07) is 20.0. The number of halogens is 1. The number of ketones is 1. The summed E-state index contributed by atoms with van der Waals surface area (Å²) in [7, 11) is 1.54. The number of carbonyl (C=O) groups excluding carboxylic acids is 3. The summed E-state index contributed by atoms with van der Waals surface area (Å²) in [5.74, 6) is -0.845. The molecule has 7 nitrogen and oxygen atoms in total. The number of hydrogen-bond acceptors (Lipinski definition) is 5. The second-order valence-electron chi connectivity index (χ2n) is 7.86. The van der Waals surface area contributed by atoms with Crippen LogP contribution < -0.4 is 10.1 Å². The maximum Gasteiger partial charge on any atom is 0.329 e. The minimum absolute atomic E-state index is 0.196. The molecular formula is C27H23BrN2O5. The van der Waals surface area contributed by atoms with Crippen LogP contribution in [-0.2, 0) is 16.0 Å². The predicted molar refractivity (Wildman–Crippen MR) is 136 cm³/mol. The molecule has 0 saturated heterocycles. The molecule has 1 aromatic heterocycles. The summed E-state index contributed by atoms with van der Waals surface area (Å²) in [5.41, 5.74) is 2.56. The third-order valence-electron chi connectivity index (χ3n) is 5.55. The Morgan fingerprint density at radius 2 is 1.63 bits per heavy atom. The van der Waals surface area contributed by atoms with Gasteiger partial charge < -0.3 is 19.8 Å². The third kappa shape index (κ3) is 5.96. The number of fused-ring (bicyclic) bond motifs is 1. The molecule has 0 aliphatic rings. The highest BCUT2D eigenvalue weighted by molar-refractivity contribution is 9.10. The molecule has 1 atom stereocenters. The number of aromatic amines is 1. The number of ether oxygens (including phenoxy) is 2. The lowest BCUT2D eigenvalue weighted by molar-refractivity contribution is -0.144. The molecule has 35 heavy (non-hydrogen) atoms. The summed E-state index contributed by atoms with van der Waals surface area (Å²) < 4.78 is 11.3. The number of esters is 1. The van der Waals surface area contributed by atoms with Gasteiger partial charge in [-0.15, -0.1) is 0 Å². The van der Waals surface area contributed by atoms with Crippen LogP contribution in [0.5, 0.6) is 5.75 Å². The number of methoxy groups -OCH3 is 1. The van der Waals surface area contributed by atoms with E-state index in [4.69, 9.17) is 9.47 Å². The van der Waals surface area contributed by atoms with Crippen LogP contribution >= 0.6 is 15.9 Å². The van der Waals surface area contributed by atoms with E-state index >= 15 is 0 Å². The van der Waals surface area contributed by atoms with E-state index in [2.05, 4.69) is 26.2 Å². The van der Waals surface area contributed by atoms with Crippen molar-refractivity contribution in [3.63, 3.8) is 0 Å². The van der Waals surface area contributed by atoms with Gasteiger partial charge in [0.2, 0.25) is 0 Å². The number of carbonyl (C=O) groups is 3. The number of aromatic nitrogens is 1. The zero-order chi connectivity index (χ0) is 24.8. The van der Waals surface area contributed by atoms with Crippen molar-refractivity contribution in [2.75, 3.05) is 13.7 Å². The average molecular weight is 535 g/mol. The Hall–Kier alpha value is -3.91. The Kier molecular flexibility index (Phi) is 7.62. The highest BCUT2D eigenvalue weighted by Gasteiger charge is 2.25. The monoisotopic (exact) mass is 534 g/mol. The molecule has 4 rings (SSSR count). The number of nitrogens with one attached hydrogen (secondary N) is 2. The lowest BCUT2D eigenvalue weighted by Crippen LogP contribution is -2.43. The highest BCUT2D eigenvalue weighted by Crippen LogP contribution is 2.20. The van der Waals surface area contributed by atoms with Gasteiger partial charge in [-0.05, 0) is 60.2 Å². The second kappa shape index (κ2) is 11.0. The molecular weight excluding hydrogens is 512 g/mol. The molecule has 1 unspecified atom stereocenters. The average Bonchev–Trinajstić information content (AvgIpc) is 3.29. The van der Waals surface area contributed by atoms with E-state index in [1.54, 1.807) is 54.7 Å². The van der Waals surface area contributed by atoms with Gasteiger partial charge in [0.1, 0.15) is 11.8 Å². The van der Waals surface area contributed by atoms with Crippen molar-refractivity contribution in [2.45, 2.75) is 12.5 Å². The maximum atomic E-state index is 13.0. The van der Waals surface area contributed by atoms with Crippen LogP contribution in [0.2, 0.25) is 0 Å². The molecule has 8 heteroatoms. The largest absolute Gasteiger partial charge is 0.497 e. The van der Waals surface area contributed by atoms with Gasteiger partial charge in [-0.1, -0.05) is 34.1 Å². The van der Waals surface area contributed by atoms with Gasteiger partial charge in [-0.2, -0.15) is 0 Å². The molecule has 4 aromatic rings. The lowest BCUT2D eigenvalue weighted by Gasteiger charge is -2.18. The number of H-pyrrole nitrogens is 1. The highest BCUT2D eigenvalue weighted by atomic mass is 79.9. The zero-order valence-corrected chi connectivity index (χ0v) is 20.5. The quantitative estimate of drug-likeness (QED) is 0.239. The first kappa shape index (κ1) is 24.2. The Bertz CT molecular complexity index is 1350. The van der Waals surface area contributed by atoms with E-state index in [1.165, 1.54) is 7.11 Å². The summed E-state index contributed by atoms with van der Waals surface area (Å²) >= 11 is 3.34. The molecule has 178 valence electrons.